The third-order valence-electron chi connectivity index (χ3n) is 3.09. The first-order chi connectivity index (χ1) is 8.58. The summed E-state index contributed by atoms with van der Waals surface area (Å²) in [6, 6.07) is 8.88. The predicted molar refractivity (Wildman–Crippen MR) is 77.3 cm³/mol. The number of hydrogen-bond donors (Lipinski definition) is 1. The molecule has 1 N–H and O–H groups in total. The molecule has 0 amide bonds. The molecular weight excluding hydrogens is 290 g/mol. The lowest BCUT2D eigenvalue weighted by Gasteiger charge is -2.20. The Labute approximate surface area is 116 Å². The average molecular weight is 308 g/mol. The Balaban J connectivity index is 2.08. The molecule has 4 heteroatoms. The smallest absolute Gasteiger partial charge is 0.125 e. The molecule has 0 aliphatic heterocycles. The van der Waals surface area contributed by atoms with Crippen LogP contribution < -0.4 is 5.32 Å². The third-order valence-corrected chi connectivity index (χ3v) is 3.59. The number of hydrogen-bond acceptors (Lipinski definition) is 2. The first kappa shape index (κ1) is 13.3. The lowest BCUT2D eigenvalue weighted by molar-refractivity contribution is 0.467. The molecule has 1 heterocycles. The summed E-state index contributed by atoms with van der Waals surface area (Å²) >= 11 is 3.50. The highest BCUT2D eigenvalue weighted by atomic mass is 79.9. The van der Waals surface area contributed by atoms with E-state index >= 15 is 0 Å². The quantitative estimate of drug-likeness (QED) is 0.935. The van der Waals surface area contributed by atoms with Gasteiger partial charge in [-0.25, -0.2) is 4.98 Å². The fourth-order valence-electron chi connectivity index (χ4n) is 2.12. The van der Waals surface area contributed by atoms with Crippen molar-refractivity contribution in [1.29, 1.82) is 0 Å². The van der Waals surface area contributed by atoms with Gasteiger partial charge >= 0.3 is 0 Å². The zero-order chi connectivity index (χ0) is 13.1. The van der Waals surface area contributed by atoms with Crippen molar-refractivity contribution in [3.05, 3.63) is 52.5 Å². The van der Waals surface area contributed by atoms with Crippen LogP contribution in [0.25, 0.3) is 0 Å². The molecule has 0 aliphatic carbocycles. The Morgan fingerprint density at radius 1 is 1.28 bits per heavy atom. The van der Waals surface area contributed by atoms with Crippen LogP contribution in [0.1, 0.15) is 37.3 Å². The number of nitrogens with zero attached hydrogens (tertiary/aromatic N) is 2. The summed E-state index contributed by atoms with van der Waals surface area (Å²) < 4.78 is 3.16. The molecule has 2 aromatic rings. The average Bonchev–Trinajstić information content (AvgIpc) is 2.75. The van der Waals surface area contributed by atoms with E-state index < -0.39 is 0 Å². The highest BCUT2D eigenvalue weighted by molar-refractivity contribution is 9.10. The second-order valence-corrected chi connectivity index (χ2v) is 5.48. The topological polar surface area (TPSA) is 29.9 Å². The third kappa shape index (κ3) is 3.00. The number of benzene rings is 1. The van der Waals surface area contributed by atoms with Gasteiger partial charge in [0.25, 0.3) is 0 Å². The fourth-order valence-corrected chi connectivity index (χ4v) is 2.53. The summed E-state index contributed by atoms with van der Waals surface area (Å²) in [5.41, 5.74) is 1.27. The lowest BCUT2D eigenvalue weighted by Crippen LogP contribution is -2.24. The molecule has 2 atom stereocenters. The summed E-state index contributed by atoms with van der Waals surface area (Å²) in [5, 5.41) is 3.56. The van der Waals surface area contributed by atoms with E-state index in [2.05, 4.69) is 58.3 Å². The molecule has 1 aromatic carbocycles. The number of imidazole rings is 1. The van der Waals surface area contributed by atoms with Crippen molar-refractivity contribution in [3.63, 3.8) is 0 Å². The molecule has 1 aromatic heterocycles. The molecule has 0 spiro atoms. The van der Waals surface area contributed by atoms with Crippen LogP contribution in [0.3, 0.4) is 0 Å². The van der Waals surface area contributed by atoms with Crippen LogP contribution >= 0.6 is 15.9 Å². The van der Waals surface area contributed by atoms with E-state index in [0.29, 0.717) is 0 Å². The standard InChI is InChI=1S/C14H18BrN3/c1-10(12-5-4-6-13(15)9-12)17-11(2)14-16-7-8-18(14)3/h4-11,17H,1-3H3/t10-,11?/m1/s1. The normalized spacial score (nSPS) is 14.4. The van der Waals surface area contributed by atoms with Crippen LogP contribution in [0.5, 0.6) is 0 Å². The zero-order valence-electron chi connectivity index (χ0n) is 10.9. The number of nitrogens with one attached hydrogen (secondary N) is 1. The predicted octanol–water partition coefficient (Wildman–Crippen LogP) is 3.59. The molecule has 0 bridgehead atoms. The van der Waals surface area contributed by atoms with Crippen molar-refractivity contribution in [2.24, 2.45) is 7.05 Å². The Kier molecular flexibility index (Phi) is 4.19. The Bertz CT molecular complexity index is 521. The molecule has 0 radical (unpaired) electrons. The molecule has 96 valence electrons. The van der Waals surface area contributed by atoms with Gasteiger partial charge < -0.3 is 9.88 Å². The van der Waals surface area contributed by atoms with E-state index in [9.17, 15) is 0 Å². The molecule has 1 unspecified atom stereocenters. The van der Waals surface area contributed by atoms with Gasteiger partial charge in [-0.05, 0) is 31.5 Å². The number of aryl methyl sites for hydroxylation is 1. The van der Waals surface area contributed by atoms with E-state index in [1.165, 1.54) is 5.56 Å². The zero-order valence-corrected chi connectivity index (χ0v) is 12.5. The maximum Gasteiger partial charge on any atom is 0.125 e. The van der Waals surface area contributed by atoms with Crippen LogP contribution in [-0.4, -0.2) is 9.55 Å². The fraction of sp³-hybridized carbons (Fsp3) is 0.357. The molecule has 3 nitrogen and oxygen atoms in total. The minimum atomic E-state index is 0.221. The first-order valence-corrected chi connectivity index (χ1v) is 6.86. The van der Waals surface area contributed by atoms with Crippen molar-refractivity contribution in [1.82, 2.24) is 14.9 Å². The highest BCUT2D eigenvalue weighted by Crippen LogP contribution is 2.21. The Morgan fingerprint density at radius 3 is 2.67 bits per heavy atom. The van der Waals surface area contributed by atoms with Gasteiger partial charge in [-0.3, -0.25) is 0 Å². The molecule has 0 saturated heterocycles. The van der Waals surface area contributed by atoms with Crippen molar-refractivity contribution in [2.75, 3.05) is 0 Å². The minimum Gasteiger partial charge on any atom is -0.337 e. The van der Waals surface area contributed by atoms with Crippen LogP contribution in [0.4, 0.5) is 0 Å². The Hall–Kier alpha value is -1.13. The summed E-state index contributed by atoms with van der Waals surface area (Å²) in [7, 11) is 2.02. The molecule has 0 saturated carbocycles. The van der Waals surface area contributed by atoms with Gasteiger partial charge in [-0.15, -0.1) is 0 Å². The minimum absolute atomic E-state index is 0.221. The summed E-state index contributed by atoms with van der Waals surface area (Å²) in [6.07, 6.45) is 3.80. The van der Waals surface area contributed by atoms with E-state index in [-0.39, 0.29) is 12.1 Å². The maximum atomic E-state index is 4.37. The van der Waals surface area contributed by atoms with Gasteiger partial charge in [0.15, 0.2) is 0 Å². The van der Waals surface area contributed by atoms with Crippen molar-refractivity contribution in [3.8, 4) is 0 Å². The summed E-state index contributed by atoms with van der Waals surface area (Å²) in [4.78, 5) is 4.37. The van der Waals surface area contributed by atoms with Crippen molar-refractivity contribution < 1.29 is 0 Å². The van der Waals surface area contributed by atoms with Gasteiger partial charge in [0.05, 0.1) is 6.04 Å². The van der Waals surface area contributed by atoms with Gasteiger partial charge in [0.1, 0.15) is 5.82 Å². The monoisotopic (exact) mass is 307 g/mol. The van der Waals surface area contributed by atoms with E-state index in [4.69, 9.17) is 0 Å². The maximum absolute atomic E-state index is 4.37. The van der Waals surface area contributed by atoms with Crippen LogP contribution in [0.15, 0.2) is 41.1 Å². The largest absolute Gasteiger partial charge is 0.337 e. The van der Waals surface area contributed by atoms with Gasteiger partial charge in [-0.2, -0.15) is 0 Å². The van der Waals surface area contributed by atoms with Crippen molar-refractivity contribution >= 4 is 15.9 Å². The van der Waals surface area contributed by atoms with Gasteiger partial charge in [-0.1, -0.05) is 28.1 Å². The van der Waals surface area contributed by atoms with Gasteiger partial charge in [0.2, 0.25) is 0 Å². The molecule has 0 aliphatic rings. The highest BCUT2D eigenvalue weighted by Gasteiger charge is 2.14. The SMILES string of the molecule is CC(N[C@H](C)c1cccc(Br)c1)c1nccn1C. The van der Waals surface area contributed by atoms with Crippen LogP contribution in [0, 0.1) is 0 Å². The van der Waals surface area contributed by atoms with E-state index in [1.54, 1.807) is 0 Å². The number of halogens is 1. The summed E-state index contributed by atoms with van der Waals surface area (Å²) in [5.74, 6) is 1.05. The van der Waals surface area contributed by atoms with Crippen LogP contribution in [-0.2, 0) is 7.05 Å². The van der Waals surface area contributed by atoms with E-state index in [0.717, 1.165) is 10.3 Å². The van der Waals surface area contributed by atoms with Crippen molar-refractivity contribution in [2.45, 2.75) is 25.9 Å². The van der Waals surface area contributed by atoms with Crippen LogP contribution in [0.2, 0.25) is 0 Å². The molecule has 0 fully saturated rings. The second kappa shape index (κ2) is 5.67. The molecule has 2 rings (SSSR count). The molecule has 18 heavy (non-hydrogen) atoms. The van der Waals surface area contributed by atoms with E-state index in [1.807, 2.05) is 30.1 Å². The summed E-state index contributed by atoms with van der Waals surface area (Å²) in [6.45, 7) is 4.30. The first-order valence-electron chi connectivity index (χ1n) is 6.06. The number of rotatable bonds is 4. The number of aromatic nitrogens is 2. The molecular formula is C14H18BrN3. The Morgan fingerprint density at radius 2 is 2.06 bits per heavy atom. The lowest BCUT2D eigenvalue weighted by atomic mass is 10.1. The second-order valence-electron chi connectivity index (χ2n) is 4.56. The van der Waals surface area contributed by atoms with Gasteiger partial charge in [0, 0.05) is 30.0 Å².